The maximum Gasteiger partial charge on any atom is 0.238 e. The second-order valence-corrected chi connectivity index (χ2v) is 3.93. The summed E-state index contributed by atoms with van der Waals surface area (Å²) in [5.74, 6) is 4.88. The number of fused-ring (bicyclic) bond motifs is 1. The van der Waals surface area contributed by atoms with Gasteiger partial charge in [-0.3, -0.25) is 10.2 Å². The van der Waals surface area contributed by atoms with Crippen LogP contribution in [0.1, 0.15) is 11.1 Å². The van der Waals surface area contributed by atoms with Crippen LogP contribution in [0.25, 0.3) is 10.8 Å². The summed E-state index contributed by atoms with van der Waals surface area (Å²) in [5, 5.41) is 2.34. The van der Waals surface area contributed by atoms with Crippen LogP contribution >= 0.6 is 0 Å². The summed E-state index contributed by atoms with van der Waals surface area (Å²) in [4.78, 5) is 11.1. The smallest absolute Gasteiger partial charge is 0.238 e. The Morgan fingerprint density at radius 2 is 1.88 bits per heavy atom. The number of benzene rings is 2. The number of nitrogens with two attached hydrogens (primary N) is 1. The Morgan fingerprint density at radius 3 is 2.62 bits per heavy atom. The molecule has 0 atom stereocenters. The molecule has 0 bridgehead atoms. The third-order valence-electron chi connectivity index (χ3n) is 2.59. The zero-order valence-electron chi connectivity index (χ0n) is 9.16. The van der Waals surface area contributed by atoms with Gasteiger partial charge in [-0.25, -0.2) is 5.84 Å². The standard InChI is InChI=1S/C13H14N2O/c1-9-2-4-12-7-10(8-13(16)15-14)3-5-11(12)6-9/h2-7H,8,14H2,1H3,(H,15,16). The highest BCUT2D eigenvalue weighted by Gasteiger charge is 2.02. The number of hydrazine groups is 1. The Kier molecular flexibility index (Phi) is 2.88. The van der Waals surface area contributed by atoms with E-state index in [1.165, 1.54) is 10.9 Å². The van der Waals surface area contributed by atoms with Crippen LogP contribution in [-0.4, -0.2) is 5.91 Å². The number of nitrogens with one attached hydrogen (secondary N) is 1. The van der Waals surface area contributed by atoms with Crippen molar-refractivity contribution >= 4 is 16.7 Å². The Balaban J connectivity index is 2.37. The fourth-order valence-electron chi connectivity index (χ4n) is 1.76. The Labute approximate surface area is 94.2 Å². The van der Waals surface area contributed by atoms with Gasteiger partial charge >= 0.3 is 0 Å². The van der Waals surface area contributed by atoms with E-state index in [9.17, 15) is 4.79 Å². The van der Waals surface area contributed by atoms with Gasteiger partial charge in [0.15, 0.2) is 0 Å². The van der Waals surface area contributed by atoms with Gasteiger partial charge in [0, 0.05) is 0 Å². The molecule has 2 aromatic rings. The molecule has 0 unspecified atom stereocenters. The number of hydrogen-bond acceptors (Lipinski definition) is 2. The van der Waals surface area contributed by atoms with Crippen LogP contribution < -0.4 is 11.3 Å². The lowest BCUT2D eigenvalue weighted by Gasteiger charge is -2.04. The van der Waals surface area contributed by atoms with E-state index >= 15 is 0 Å². The predicted molar refractivity (Wildman–Crippen MR) is 64.7 cm³/mol. The lowest BCUT2D eigenvalue weighted by Crippen LogP contribution is -2.31. The quantitative estimate of drug-likeness (QED) is 0.454. The molecule has 1 amide bonds. The van der Waals surface area contributed by atoms with Gasteiger partial charge in [-0.2, -0.15) is 0 Å². The number of amides is 1. The van der Waals surface area contributed by atoms with Gasteiger partial charge in [0.1, 0.15) is 0 Å². The number of rotatable bonds is 2. The summed E-state index contributed by atoms with van der Waals surface area (Å²) < 4.78 is 0. The molecule has 0 spiro atoms. The molecule has 0 heterocycles. The van der Waals surface area contributed by atoms with Crippen LogP contribution in [0.4, 0.5) is 0 Å². The molecule has 0 aliphatic rings. The Hall–Kier alpha value is -1.87. The summed E-state index contributed by atoms with van der Waals surface area (Å²) in [6.07, 6.45) is 0.320. The first kappa shape index (κ1) is 10.6. The van der Waals surface area contributed by atoms with Gasteiger partial charge in [0.2, 0.25) is 5.91 Å². The highest BCUT2D eigenvalue weighted by Crippen LogP contribution is 2.17. The Morgan fingerprint density at radius 1 is 1.19 bits per heavy atom. The van der Waals surface area contributed by atoms with Gasteiger partial charge in [-0.1, -0.05) is 42.0 Å². The molecule has 2 rings (SSSR count). The number of carbonyl (C=O) groups excluding carboxylic acids is 1. The molecule has 0 aromatic heterocycles. The summed E-state index contributed by atoms with van der Waals surface area (Å²) >= 11 is 0. The largest absolute Gasteiger partial charge is 0.294 e. The van der Waals surface area contributed by atoms with Crippen LogP contribution in [0.5, 0.6) is 0 Å². The SMILES string of the molecule is Cc1ccc2cc(CC(=O)NN)ccc2c1. The summed E-state index contributed by atoms with van der Waals surface area (Å²) in [6.45, 7) is 2.06. The van der Waals surface area contributed by atoms with Crippen molar-refractivity contribution in [3.8, 4) is 0 Å². The molecule has 3 nitrogen and oxygen atoms in total. The highest BCUT2D eigenvalue weighted by atomic mass is 16.2. The van der Waals surface area contributed by atoms with E-state index in [4.69, 9.17) is 5.84 Å². The maximum atomic E-state index is 11.1. The summed E-state index contributed by atoms with van der Waals surface area (Å²) in [7, 11) is 0. The molecule has 0 saturated carbocycles. The minimum atomic E-state index is -0.175. The molecule has 2 aromatic carbocycles. The van der Waals surface area contributed by atoms with Crippen molar-refractivity contribution in [3.05, 3.63) is 47.5 Å². The first-order valence-corrected chi connectivity index (χ1v) is 5.18. The lowest BCUT2D eigenvalue weighted by molar-refractivity contribution is -0.120. The monoisotopic (exact) mass is 214 g/mol. The molecule has 3 heteroatoms. The second kappa shape index (κ2) is 4.33. The average molecular weight is 214 g/mol. The average Bonchev–Trinajstić information content (AvgIpc) is 2.29. The highest BCUT2D eigenvalue weighted by molar-refractivity contribution is 5.85. The van der Waals surface area contributed by atoms with E-state index in [-0.39, 0.29) is 5.91 Å². The first-order valence-electron chi connectivity index (χ1n) is 5.18. The molecule has 3 N–H and O–H groups in total. The fourth-order valence-corrected chi connectivity index (χ4v) is 1.76. The molecule has 0 radical (unpaired) electrons. The minimum absolute atomic E-state index is 0.175. The van der Waals surface area contributed by atoms with Gasteiger partial charge < -0.3 is 0 Å². The molecule has 0 saturated heterocycles. The zero-order valence-corrected chi connectivity index (χ0v) is 9.16. The summed E-state index contributed by atoms with van der Waals surface area (Å²) in [5.41, 5.74) is 4.34. The third kappa shape index (κ3) is 2.20. The van der Waals surface area contributed by atoms with E-state index in [0.29, 0.717) is 6.42 Å². The molecule has 16 heavy (non-hydrogen) atoms. The molecule has 0 fully saturated rings. The van der Waals surface area contributed by atoms with E-state index in [1.807, 2.05) is 18.2 Å². The van der Waals surface area contributed by atoms with Crippen molar-refractivity contribution in [2.45, 2.75) is 13.3 Å². The van der Waals surface area contributed by atoms with Crippen molar-refractivity contribution < 1.29 is 4.79 Å². The molecule has 0 aliphatic carbocycles. The normalized spacial score (nSPS) is 10.4. The second-order valence-electron chi connectivity index (χ2n) is 3.93. The zero-order chi connectivity index (χ0) is 11.5. The number of aryl methyl sites for hydroxylation is 1. The number of hydrogen-bond donors (Lipinski definition) is 2. The van der Waals surface area contributed by atoms with Crippen molar-refractivity contribution in [2.75, 3.05) is 0 Å². The summed E-state index contributed by atoms with van der Waals surface area (Å²) in [6, 6.07) is 12.3. The van der Waals surface area contributed by atoms with Crippen molar-refractivity contribution in [2.24, 2.45) is 5.84 Å². The van der Waals surface area contributed by atoms with Crippen molar-refractivity contribution in [1.29, 1.82) is 0 Å². The van der Waals surface area contributed by atoms with Crippen LogP contribution in [-0.2, 0) is 11.2 Å². The van der Waals surface area contributed by atoms with Crippen LogP contribution in [0.3, 0.4) is 0 Å². The van der Waals surface area contributed by atoms with E-state index < -0.39 is 0 Å². The van der Waals surface area contributed by atoms with Gasteiger partial charge in [0.05, 0.1) is 6.42 Å². The van der Waals surface area contributed by atoms with Gasteiger partial charge in [-0.15, -0.1) is 0 Å². The predicted octanol–water partition coefficient (Wildman–Crippen LogP) is 1.68. The van der Waals surface area contributed by atoms with Crippen molar-refractivity contribution in [3.63, 3.8) is 0 Å². The molecule has 82 valence electrons. The fraction of sp³-hybridized carbons (Fsp3) is 0.154. The van der Waals surface area contributed by atoms with E-state index in [2.05, 4.69) is 30.5 Å². The third-order valence-corrected chi connectivity index (χ3v) is 2.59. The van der Waals surface area contributed by atoms with E-state index in [0.717, 1.165) is 10.9 Å². The topological polar surface area (TPSA) is 55.1 Å². The van der Waals surface area contributed by atoms with Crippen LogP contribution in [0.15, 0.2) is 36.4 Å². The first-order chi connectivity index (χ1) is 7.69. The van der Waals surface area contributed by atoms with Gasteiger partial charge in [0.25, 0.3) is 0 Å². The lowest BCUT2D eigenvalue weighted by atomic mass is 10.0. The molecular formula is C13H14N2O. The van der Waals surface area contributed by atoms with E-state index in [1.54, 1.807) is 0 Å². The maximum absolute atomic E-state index is 11.1. The minimum Gasteiger partial charge on any atom is -0.294 e. The van der Waals surface area contributed by atoms with Crippen LogP contribution in [0, 0.1) is 6.92 Å². The van der Waals surface area contributed by atoms with Crippen LogP contribution in [0.2, 0.25) is 0 Å². The van der Waals surface area contributed by atoms with Crippen molar-refractivity contribution in [1.82, 2.24) is 5.43 Å². The molecular weight excluding hydrogens is 200 g/mol. The number of carbonyl (C=O) groups is 1. The molecule has 0 aliphatic heterocycles. The Bertz CT molecular complexity index is 534. The van der Waals surface area contributed by atoms with Gasteiger partial charge in [-0.05, 0) is 23.3 Å².